The van der Waals surface area contributed by atoms with Crippen LogP contribution in [-0.2, 0) is 4.79 Å². The van der Waals surface area contributed by atoms with Crippen LogP contribution in [0.5, 0.6) is 0 Å². The van der Waals surface area contributed by atoms with Crippen LogP contribution in [0.15, 0.2) is 18.2 Å². The normalized spacial score (nSPS) is 21.6. The van der Waals surface area contributed by atoms with Gasteiger partial charge < -0.3 is 15.7 Å². The molecule has 0 unspecified atom stereocenters. The van der Waals surface area contributed by atoms with Gasteiger partial charge in [-0.2, -0.15) is 0 Å². The number of aliphatic carboxylic acids is 1. The Balaban J connectivity index is 1.85. The lowest BCUT2D eigenvalue weighted by atomic mass is 9.86. The second-order valence-corrected chi connectivity index (χ2v) is 5.55. The minimum absolute atomic E-state index is 0.0132. The molecule has 0 radical (unpaired) electrons. The number of carboxylic acid groups (broad SMARTS) is 1. The van der Waals surface area contributed by atoms with Crippen LogP contribution in [0.1, 0.15) is 25.7 Å². The van der Waals surface area contributed by atoms with Gasteiger partial charge in [0.1, 0.15) is 5.82 Å². The molecule has 7 heteroatoms. The molecule has 114 valence electrons. The van der Waals surface area contributed by atoms with Crippen molar-refractivity contribution in [2.75, 3.05) is 5.32 Å². The lowest BCUT2D eigenvalue weighted by Gasteiger charge is -2.26. The summed E-state index contributed by atoms with van der Waals surface area (Å²) in [4.78, 5) is 22.7. The molecule has 0 bridgehead atoms. The highest BCUT2D eigenvalue weighted by molar-refractivity contribution is 6.30. The summed E-state index contributed by atoms with van der Waals surface area (Å²) >= 11 is 5.74. The quantitative estimate of drug-likeness (QED) is 0.801. The summed E-state index contributed by atoms with van der Waals surface area (Å²) in [5.74, 6) is -1.69. The largest absolute Gasteiger partial charge is 0.481 e. The smallest absolute Gasteiger partial charge is 0.319 e. The zero-order chi connectivity index (χ0) is 15.4. The van der Waals surface area contributed by atoms with Crippen molar-refractivity contribution >= 4 is 29.3 Å². The molecule has 1 aliphatic rings. The average Bonchev–Trinajstić information content (AvgIpc) is 2.43. The number of nitrogens with one attached hydrogen (secondary N) is 2. The van der Waals surface area contributed by atoms with E-state index in [4.69, 9.17) is 16.7 Å². The molecule has 5 nitrogen and oxygen atoms in total. The fourth-order valence-electron chi connectivity index (χ4n) is 2.42. The lowest BCUT2D eigenvalue weighted by Crippen LogP contribution is -2.41. The number of benzene rings is 1. The first-order chi connectivity index (χ1) is 9.95. The summed E-state index contributed by atoms with van der Waals surface area (Å²) in [6.45, 7) is 0. The highest BCUT2D eigenvalue weighted by atomic mass is 35.5. The number of rotatable bonds is 3. The number of hydrogen-bond acceptors (Lipinski definition) is 2. The summed E-state index contributed by atoms with van der Waals surface area (Å²) in [6.07, 6.45) is 2.27. The molecule has 21 heavy (non-hydrogen) atoms. The third kappa shape index (κ3) is 4.32. The maximum absolute atomic E-state index is 13.5. The van der Waals surface area contributed by atoms with E-state index in [1.54, 1.807) is 0 Å². The van der Waals surface area contributed by atoms with Gasteiger partial charge in [0.15, 0.2) is 0 Å². The molecular formula is C14H16ClFN2O3. The van der Waals surface area contributed by atoms with Crippen LogP contribution < -0.4 is 10.6 Å². The van der Waals surface area contributed by atoms with Gasteiger partial charge in [-0.25, -0.2) is 9.18 Å². The molecule has 0 atom stereocenters. The van der Waals surface area contributed by atoms with Gasteiger partial charge in [0, 0.05) is 11.1 Å². The number of carbonyl (C=O) groups excluding carboxylic acids is 1. The van der Waals surface area contributed by atoms with Crippen LogP contribution in [0, 0.1) is 11.7 Å². The highest BCUT2D eigenvalue weighted by Gasteiger charge is 2.26. The number of urea groups is 1. The molecule has 3 N–H and O–H groups in total. The topological polar surface area (TPSA) is 78.4 Å². The van der Waals surface area contributed by atoms with Gasteiger partial charge in [-0.1, -0.05) is 11.6 Å². The van der Waals surface area contributed by atoms with Crippen LogP contribution in [0.4, 0.5) is 14.9 Å². The van der Waals surface area contributed by atoms with Crippen molar-refractivity contribution in [1.29, 1.82) is 0 Å². The Morgan fingerprint density at radius 1 is 1.24 bits per heavy atom. The Bertz CT molecular complexity index is 545. The molecule has 0 spiro atoms. The number of halogens is 2. The summed E-state index contributed by atoms with van der Waals surface area (Å²) in [5.41, 5.74) is 0.0132. The van der Waals surface area contributed by atoms with E-state index in [0.717, 1.165) is 0 Å². The maximum atomic E-state index is 13.5. The van der Waals surface area contributed by atoms with Gasteiger partial charge >= 0.3 is 12.0 Å². The Labute approximate surface area is 126 Å². The Morgan fingerprint density at radius 3 is 2.52 bits per heavy atom. The van der Waals surface area contributed by atoms with Crippen molar-refractivity contribution in [2.45, 2.75) is 31.7 Å². The average molecular weight is 315 g/mol. The molecule has 1 aromatic carbocycles. The third-order valence-electron chi connectivity index (χ3n) is 3.59. The molecule has 0 aliphatic heterocycles. The van der Waals surface area contributed by atoms with E-state index in [1.165, 1.54) is 18.2 Å². The third-order valence-corrected chi connectivity index (χ3v) is 3.82. The van der Waals surface area contributed by atoms with Gasteiger partial charge in [0.05, 0.1) is 11.6 Å². The molecule has 0 aromatic heterocycles. The predicted octanol–water partition coefficient (Wildman–Crippen LogP) is 3.24. The molecule has 0 heterocycles. The van der Waals surface area contributed by atoms with Crippen LogP contribution in [-0.4, -0.2) is 23.1 Å². The maximum Gasteiger partial charge on any atom is 0.319 e. The number of anilines is 1. The fourth-order valence-corrected chi connectivity index (χ4v) is 2.59. The molecule has 0 saturated heterocycles. The van der Waals surface area contributed by atoms with Crippen molar-refractivity contribution in [1.82, 2.24) is 5.32 Å². The van der Waals surface area contributed by atoms with Gasteiger partial charge in [-0.15, -0.1) is 0 Å². The van der Waals surface area contributed by atoms with Gasteiger partial charge in [-0.3, -0.25) is 4.79 Å². The summed E-state index contributed by atoms with van der Waals surface area (Å²) in [6, 6.07) is 3.29. The monoisotopic (exact) mass is 314 g/mol. The summed E-state index contributed by atoms with van der Waals surface area (Å²) < 4.78 is 13.5. The minimum atomic E-state index is -0.793. The van der Waals surface area contributed by atoms with Crippen molar-refractivity contribution in [3.63, 3.8) is 0 Å². The van der Waals surface area contributed by atoms with E-state index < -0.39 is 17.8 Å². The van der Waals surface area contributed by atoms with Gasteiger partial charge in [-0.05, 0) is 43.9 Å². The van der Waals surface area contributed by atoms with Crippen LogP contribution >= 0.6 is 11.6 Å². The molecule has 2 amide bonds. The second kappa shape index (κ2) is 6.76. The van der Waals surface area contributed by atoms with Crippen molar-refractivity contribution < 1.29 is 19.1 Å². The van der Waals surface area contributed by atoms with Crippen LogP contribution in [0.25, 0.3) is 0 Å². The highest BCUT2D eigenvalue weighted by Crippen LogP contribution is 2.25. The zero-order valence-corrected chi connectivity index (χ0v) is 12.0. The Morgan fingerprint density at radius 2 is 1.90 bits per heavy atom. The van der Waals surface area contributed by atoms with E-state index in [2.05, 4.69) is 10.6 Å². The van der Waals surface area contributed by atoms with Crippen molar-refractivity contribution in [2.24, 2.45) is 5.92 Å². The number of carboxylic acids is 1. The zero-order valence-electron chi connectivity index (χ0n) is 11.2. The molecule has 1 saturated carbocycles. The summed E-state index contributed by atoms with van der Waals surface area (Å²) in [7, 11) is 0. The van der Waals surface area contributed by atoms with Crippen molar-refractivity contribution in [3.8, 4) is 0 Å². The predicted molar refractivity (Wildman–Crippen MR) is 76.9 cm³/mol. The minimum Gasteiger partial charge on any atom is -0.481 e. The Kier molecular flexibility index (Phi) is 5.01. The second-order valence-electron chi connectivity index (χ2n) is 5.11. The number of hydrogen-bond donors (Lipinski definition) is 3. The van der Waals surface area contributed by atoms with E-state index in [1.807, 2.05) is 0 Å². The molecule has 1 aromatic rings. The van der Waals surface area contributed by atoms with Gasteiger partial charge in [0.25, 0.3) is 0 Å². The van der Waals surface area contributed by atoms with E-state index in [0.29, 0.717) is 30.7 Å². The number of carbonyl (C=O) groups is 2. The lowest BCUT2D eigenvalue weighted by molar-refractivity contribution is -0.142. The molecule has 1 fully saturated rings. The van der Waals surface area contributed by atoms with E-state index in [-0.39, 0.29) is 17.6 Å². The Hall–Kier alpha value is -1.82. The van der Waals surface area contributed by atoms with Gasteiger partial charge in [0.2, 0.25) is 0 Å². The first-order valence-electron chi connectivity index (χ1n) is 6.71. The first kappa shape index (κ1) is 15.6. The van der Waals surface area contributed by atoms with Crippen LogP contribution in [0.3, 0.4) is 0 Å². The van der Waals surface area contributed by atoms with Crippen molar-refractivity contribution in [3.05, 3.63) is 29.0 Å². The van der Waals surface area contributed by atoms with E-state index >= 15 is 0 Å². The van der Waals surface area contributed by atoms with E-state index in [9.17, 15) is 14.0 Å². The molecule has 2 rings (SSSR count). The first-order valence-corrected chi connectivity index (χ1v) is 7.09. The number of amides is 2. The SMILES string of the molecule is O=C(Nc1cc(Cl)ccc1F)NC1CCC(C(=O)O)CC1. The fraction of sp³-hybridized carbons (Fsp3) is 0.429. The molecule has 1 aliphatic carbocycles. The molecular weight excluding hydrogens is 299 g/mol. The standard InChI is InChI=1S/C14H16ClFN2O3/c15-9-3-6-11(16)12(7-9)18-14(21)17-10-4-1-8(2-5-10)13(19)20/h3,6-8,10H,1-2,4-5H2,(H,19,20)(H2,17,18,21). The summed E-state index contributed by atoms with van der Waals surface area (Å²) in [5, 5.41) is 14.4. The van der Waals surface area contributed by atoms with Crippen LogP contribution in [0.2, 0.25) is 5.02 Å².